The minimum absolute atomic E-state index is 0.256. The Hall–Kier alpha value is -2.23. The highest BCUT2D eigenvalue weighted by molar-refractivity contribution is 7.80. The highest BCUT2D eigenvalue weighted by Crippen LogP contribution is 2.14. The van der Waals surface area contributed by atoms with Gasteiger partial charge in [0.15, 0.2) is 5.11 Å². The second-order valence-electron chi connectivity index (χ2n) is 6.09. The Morgan fingerprint density at radius 3 is 2.96 bits per heavy atom. The van der Waals surface area contributed by atoms with Gasteiger partial charge >= 0.3 is 0 Å². The smallest absolute Gasteiger partial charge is 0.270 e. The third-order valence-corrected chi connectivity index (χ3v) is 4.53. The Labute approximate surface area is 157 Å². The Kier molecular flexibility index (Phi) is 6.75. The van der Waals surface area contributed by atoms with E-state index in [9.17, 15) is 4.79 Å². The Morgan fingerprint density at radius 1 is 1.27 bits per heavy atom. The van der Waals surface area contributed by atoms with Crippen molar-refractivity contribution >= 4 is 34.3 Å². The molecular weight excluding hydrogens is 352 g/mol. The maximum atomic E-state index is 12.3. The summed E-state index contributed by atoms with van der Waals surface area (Å²) in [6.07, 6.45) is 5.47. The number of nitrogens with zero attached hydrogens (tertiary/aromatic N) is 2. The van der Waals surface area contributed by atoms with Crippen LogP contribution in [0.2, 0.25) is 0 Å². The van der Waals surface area contributed by atoms with Gasteiger partial charge in [0.25, 0.3) is 5.91 Å². The molecule has 0 saturated carbocycles. The standard InChI is InChI=1S/C17H24N6O2S/c24-16(14-4-7-19-15-13(14)3-6-18-15)21-22-17(26)20-5-1-2-8-23-9-11-25-12-10-23/h3-4,6-7H,1-2,5,8-12H2,(H,18,19)(H,21,24)(H2,20,22,26). The normalized spacial score (nSPS) is 14.9. The predicted molar refractivity (Wildman–Crippen MR) is 104 cm³/mol. The molecule has 0 spiro atoms. The molecule has 0 unspecified atom stereocenters. The SMILES string of the molecule is O=C(NNC(=S)NCCCCN1CCOCC1)c1ccnc2[nH]ccc12. The van der Waals surface area contributed by atoms with Crippen molar-refractivity contribution in [3.8, 4) is 0 Å². The van der Waals surface area contributed by atoms with Crippen LogP contribution in [0.1, 0.15) is 23.2 Å². The van der Waals surface area contributed by atoms with Gasteiger partial charge in [-0.3, -0.25) is 20.5 Å². The minimum Gasteiger partial charge on any atom is -0.379 e. The number of hydrogen-bond donors (Lipinski definition) is 4. The summed E-state index contributed by atoms with van der Waals surface area (Å²) in [6.45, 7) is 5.54. The van der Waals surface area contributed by atoms with Crippen LogP contribution in [0.25, 0.3) is 11.0 Å². The fourth-order valence-corrected chi connectivity index (χ4v) is 3.02. The molecule has 2 aromatic heterocycles. The first-order valence-electron chi connectivity index (χ1n) is 8.80. The Morgan fingerprint density at radius 2 is 2.12 bits per heavy atom. The number of amides is 1. The summed E-state index contributed by atoms with van der Waals surface area (Å²) >= 11 is 5.19. The van der Waals surface area contributed by atoms with Crippen LogP contribution < -0.4 is 16.2 Å². The van der Waals surface area contributed by atoms with Crippen molar-refractivity contribution in [2.24, 2.45) is 0 Å². The van der Waals surface area contributed by atoms with Gasteiger partial charge in [-0.25, -0.2) is 4.98 Å². The van der Waals surface area contributed by atoms with Gasteiger partial charge in [0, 0.05) is 37.4 Å². The summed E-state index contributed by atoms with van der Waals surface area (Å²) in [4.78, 5) is 21.9. The van der Waals surface area contributed by atoms with Gasteiger partial charge < -0.3 is 15.0 Å². The summed E-state index contributed by atoms with van der Waals surface area (Å²) in [6, 6.07) is 3.50. The molecule has 3 rings (SSSR count). The van der Waals surface area contributed by atoms with E-state index in [1.807, 2.05) is 6.07 Å². The molecule has 0 aliphatic carbocycles. The number of thiocarbonyl (C=S) groups is 1. The van der Waals surface area contributed by atoms with E-state index >= 15 is 0 Å². The number of unbranched alkanes of at least 4 members (excludes halogenated alkanes) is 1. The summed E-state index contributed by atoms with van der Waals surface area (Å²) in [5.74, 6) is -0.256. The van der Waals surface area contributed by atoms with E-state index in [0.29, 0.717) is 16.3 Å². The lowest BCUT2D eigenvalue weighted by Crippen LogP contribution is -2.47. The van der Waals surface area contributed by atoms with Crippen molar-refractivity contribution in [1.82, 2.24) is 31.0 Å². The van der Waals surface area contributed by atoms with Crippen LogP contribution in [-0.4, -0.2) is 65.3 Å². The van der Waals surface area contributed by atoms with Crippen LogP contribution in [0.4, 0.5) is 0 Å². The second-order valence-corrected chi connectivity index (χ2v) is 6.50. The molecule has 0 atom stereocenters. The molecule has 26 heavy (non-hydrogen) atoms. The van der Waals surface area contributed by atoms with E-state index < -0.39 is 0 Å². The van der Waals surface area contributed by atoms with Crippen molar-refractivity contribution < 1.29 is 9.53 Å². The molecule has 0 aromatic carbocycles. The lowest BCUT2D eigenvalue weighted by Gasteiger charge is -2.26. The van der Waals surface area contributed by atoms with Gasteiger partial charge in [0.2, 0.25) is 0 Å². The zero-order valence-corrected chi connectivity index (χ0v) is 15.4. The van der Waals surface area contributed by atoms with Crippen LogP contribution in [0.15, 0.2) is 24.5 Å². The van der Waals surface area contributed by atoms with E-state index in [4.69, 9.17) is 17.0 Å². The first kappa shape index (κ1) is 18.6. The Balaban J connectivity index is 1.32. The number of rotatable bonds is 6. The lowest BCUT2D eigenvalue weighted by atomic mass is 10.2. The largest absolute Gasteiger partial charge is 0.379 e. The van der Waals surface area contributed by atoms with Crippen molar-refractivity contribution in [2.75, 3.05) is 39.4 Å². The van der Waals surface area contributed by atoms with Gasteiger partial charge in [0.1, 0.15) is 5.65 Å². The number of hydrogen-bond acceptors (Lipinski definition) is 5. The fourth-order valence-electron chi connectivity index (χ4n) is 2.87. The molecule has 1 aliphatic rings. The molecule has 1 amide bonds. The summed E-state index contributed by atoms with van der Waals surface area (Å²) in [5.41, 5.74) is 6.58. The predicted octanol–water partition coefficient (Wildman–Crippen LogP) is 0.784. The molecule has 1 aliphatic heterocycles. The second kappa shape index (κ2) is 9.46. The maximum Gasteiger partial charge on any atom is 0.270 e. The number of aromatic amines is 1. The average Bonchev–Trinajstić information content (AvgIpc) is 3.15. The molecule has 140 valence electrons. The van der Waals surface area contributed by atoms with Crippen LogP contribution in [0.3, 0.4) is 0 Å². The highest BCUT2D eigenvalue weighted by atomic mass is 32.1. The van der Waals surface area contributed by atoms with Crippen molar-refractivity contribution in [1.29, 1.82) is 0 Å². The average molecular weight is 376 g/mol. The third kappa shape index (κ3) is 5.13. The number of H-pyrrole nitrogens is 1. The molecule has 3 heterocycles. The van der Waals surface area contributed by atoms with Crippen molar-refractivity contribution in [3.63, 3.8) is 0 Å². The van der Waals surface area contributed by atoms with Crippen LogP contribution in [-0.2, 0) is 4.74 Å². The number of aromatic nitrogens is 2. The number of ether oxygens (including phenoxy) is 1. The number of fused-ring (bicyclic) bond motifs is 1. The van der Waals surface area contributed by atoms with Crippen LogP contribution >= 0.6 is 12.2 Å². The van der Waals surface area contributed by atoms with Crippen molar-refractivity contribution in [3.05, 3.63) is 30.1 Å². The molecule has 0 radical (unpaired) electrons. The highest BCUT2D eigenvalue weighted by Gasteiger charge is 2.11. The lowest BCUT2D eigenvalue weighted by molar-refractivity contribution is 0.0372. The molecule has 0 bridgehead atoms. The van der Waals surface area contributed by atoms with Gasteiger partial charge in [-0.15, -0.1) is 0 Å². The van der Waals surface area contributed by atoms with E-state index in [2.05, 4.69) is 31.0 Å². The molecule has 9 heteroatoms. The molecule has 1 saturated heterocycles. The number of carbonyl (C=O) groups excluding carboxylic acids is 1. The van der Waals surface area contributed by atoms with Crippen LogP contribution in [0.5, 0.6) is 0 Å². The molecule has 4 N–H and O–H groups in total. The zero-order valence-electron chi connectivity index (χ0n) is 14.6. The Bertz CT molecular complexity index is 744. The van der Waals surface area contributed by atoms with E-state index in [0.717, 1.165) is 57.6 Å². The van der Waals surface area contributed by atoms with Crippen molar-refractivity contribution in [2.45, 2.75) is 12.8 Å². The number of hydrazine groups is 1. The van der Waals surface area contributed by atoms with Gasteiger partial charge in [-0.2, -0.15) is 0 Å². The van der Waals surface area contributed by atoms with Gasteiger partial charge in [-0.1, -0.05) is 0 Å². The van der Waals surface area contributed by atoms with Gasteiger partial charge in [0.05, 0.1) is 18.8 Å². The maximum absolute atomic E-state index is 12.3. The summed E-state index contributed by atoms with van der Waals surface area (Å²) in [7, 11) is 0. The minimum atomic E-state index is -0.256. The third-order valence-electron chi connectivity index (χ3n) is 4.28. The zero-order chi connectivity index (χ0) is 18.2. The summed E-state index contributed by atoms with van der Waals surface area (Å²) < 4.78 is 5.34. The number of morpholine rings is 1. The molecule has 2 aromatic rings. The molecule has 1 fully saturated rings. The van der Waals surface area contributed by atoms with E-state index in [1.54, 1.807) is 18.5 Å². The van der Waals surface area contributed by atoms with Gasteiger partial charge in [-0.05, 0) is 43.7 Å². The van der Waals surface area contributed by atoms with E-state index in [-0.39, 0.29) is 5.91 Å². The number of nitrogens with one attached hydrogen (secondary N) is 4. The van der Waals surface area contributed by atoms with E-state index in [1.165, 1.54) is 0 Å². The quantitative estimate of drug-likeness (QED) is 0.336. The monoisotopic (exact) mass is 376 g/mol. The fraction of sp³-hybridized carbons (Fsp3) is 0.471. The number of carbonyl (C=O) groups is 1. The molecular formula is C17H24N6O2S. The number of pyridine rings is 1. The summed E-state index contributed by atoms with van der Waals surface area (Å²) in [5, 5.41) is 4.28. The molecule has 8 nitrogen and oxygen atoms in total. The first-order valence-corrected chi connectivity index (χ1v) is 9.21. The first-order chi connectivity index (χ1) is 12.7. The van der Waals surface area contributed by atoms with Crippen LogP contribution in [0, 0.1) is 0 Å². The topological polar surface area (TPSA) is 94.3 Å².